The summed E-state index contributed by atoms with van der Waals surface area (Å²) in [6.45, 7) is 0.889. The quantitative estimate of drug-likeness (QED) is 0.396. The van der Waals surface area contributed by atoms with E-state index in [1.807, 2.05) is 72.8 Å². The molecule has 0 atom stereocenters. The lowest BCUT2D eigenvalue weighted by molar-refractivity contribution is -0.128. The number of carbonyl (C=O) groups is 2. The first kappa shape index (κ1) is 21.1. The number of anilines is 1. The fourth-order valence-electron chi connectivity index (χ4n) is 3.03. The minimum Gasteiger partial charge on any atom is -0.489 e. The van der Waals surface area contributed by atoms with Gasteiger partial charge in [0.1, 0.15) is 18.1 Å². The number of nitrogens with one attached hydrogen (secondary N) is 1. The molecule has 0 radical (unpaired) electrons. The molecule has 0 aliphatic rings. The van der Waals surface area contributed by atoms with E-state index in [9.17, 15) is 9.59 Å². The fourth-order valence-corrected chi connectivity index (χ4v) is 3.03. The van der Waals surface area contributed by atoms with Gasteiger partial charge in [-0.2, -0.15) is 0 Å². The number of hydrogen-bond donors (Lipinski definition) is 2. The summed E-state index contributed by atoms with van der Waals surface area (Å²) in [5.74, 6) is 0.317. The maximum Gasteiger partial charge on any atom is 0.227 e. The summed E-state index contributed by atoms with van der Waals surface area (Å²) in [6, 6.07) is 25.0. The van der Waals surface area contributed by atoms with Crippen LogP contribution in [0.15, 0.2) is 78.9 Å². The highest BCUT2D eigenvalue weighted by Crippen LogP contribution is 2.22. The van der Waals surface area contributed by atoms with E-state index in [0.29, 0.717) is 31.0 Å². The Morgan fingerprint density at radius 3 is 2.20 bits per heavy atom. The zero-order chi connectivity index (χ0) is 21.2. The van der Waals surface area contributed by atoms with Crippen molar-refractivity contribution in [1.82, 2.24) is 5.32 Å². The van der Waals surface area contributed by atoms with Crippen molar-refractivity contribution in [3.05, 3.63) is 95.6 Å². The molecule has 0 saturated carbocycles. The lowest BCUT2D eigenvalue weighted by Gasteiger charge is -2.10. The summed E-state index contributed by atoms with van der Waals surface area (Å²) in [5, 5.41) is 2.77. The number of amides is 1. The summed E-state index contributed by atoms with van der Waals surface area (Å²) in [6.07, 6.45) is 0.647. The van der Waals surface area contributed by atoms with Gasteiger partial charge >= 0.3 is 0 Å². The third-order valence-electron chi connectivity index (χ3n) is 4.73. The number of hydrogen-bond acceptors (Lipinski definition) is 4. The molecule has 1 amide bonds. The van der Waals surface area contributed by atoms with Crippen molar-refractivity contribution >= 4 is 17.4 Å². The van der Waals surface area contributed by atoms with E-state index in [0.717, 1.165) is 16.7 Å². The Labute approximate surface area is 176 Å². The van der Waals surface area contributed by atoms with E-state index in [2.05, 4.69) is 5.32 Å². The number of ether oxygens (including phenoxy) is 1. The van der Waals surface area contributed by atoms with Gasteiger partial charge in [0.2, 0.25) is 5.91 Å². The predicted molar refractivity (Wildman–Crippen MR) is 118 cm³/mol. The number of benzene rings is 3. The Kier molecular flexibility index (Phi) is 7.61. The molecule has 3 aromatic carbocycles. The summed E-state index contributed by atoms with van der Waals surface area (Å²) < 4.78 is 5.77. The third-order valence-corrected chi connectivity index (χ3v) is 4.73. The van der Waals surface area contributed by atoms with Crippen LogP contribution in [0.5, 0.6) is 5.75 Å². The van der Waals surface area contributed by atoms with Crippen molar-refractivity contribution < 1.29 is 14.3 Å². The van der Waals surface area contributed by atoms with Gasteiger partial charge in [-0.25, -0.2) is 0 Å². The molecule has 0 aliphatic carbocycles. The van der Waals surface area contributed by atoms with Crippen LogP contribution >= 0.6 is 0 Å². The van der Waals surface area contributed by atoms with Crippen LogP contribution in [-0.2, 0) is 29.2 Å². The Morgan fingerprint density at radius 1 is 0.867 bits per heavy atom. The Morgan fingerprint density at radius 2 is 1.53 bits per heavy atom. The average molecular weight is 402 g/mol. The van der Waals surface area contributed by atoms with E-state index in [1.54, 1.807) is 6.07 Å². The largest absolute Gasteiger partial charge is 0.489 e. The number of nitrogen functional groups attached to an aromatic ring is 1. The molecule has 0 aromatic heterocycles. The number of rotatable bonds is 10. The number of nitrogens with two attached hydrogens (primary N) is 1. The molecule has 3 rings (SSSR count). The molecule has 154 valence electrons. The van der Waals surface area contributed by atoms with Crippen LogP contribution in [0.3, 0.4) is 0 Å². The van der Waals surface area contributed by atoms with Gasteiger partial charge < -0.3 is 15.8 Å². The molecular formula is C25H26N2O3. The second-order valence-corrected chi connectivity index (χ2v) is 7.11. The van der Waals surface area contributed by atoms with Crippen molar-refractivity contribution in [2.75, 3.05) is 5.73 Å². The van der Waals surface area contributed by atoms with Crippen molar-refractivity contribution in [1.29, 1.82) is 0 Å². The van der Waals surface area contributed by atoms with E-state index < -0.39 is 0 Å². The highest BCUT2D eigenvalue weighted by atomic mass is 16.5. The molecule has 0 aliphatic heterocycles. The van der Waals surface area contributed by atoms with Gasteiger partial charge in [0.15, 0.2) is 0 Å². The molecular weight excluding hydrogens is 376 g/mol. The van der Waals surface area contributed by atoms with Gasteiger partial charge in [0.25, 0.3) is 0 Å². The first-order valence-corrected chi connectivity index (χ1v) is 9.97. The monoisotopic (exact) mass is 402 g/mol. The van der Waals surface area contributed by atoms with E-state index >= 15 is 0 Å². The van der Waals surface area contributed by atoms with Crippen LogP contribution in [0, 0.1) is 0 Å². The van der Waals surface area contributed by atoms with Crippen LogP contribution in [0.25, 0.3) is 0 Å². The van der Waals surface area contributed by atoms with Crippen LogP contribution in [0.1, 0.15) is 29.5 Å². The molecule has 3 aromatic rings. The zero-order valence-corrected chi connectivity index (χ0v) is 16.8. The molecule has 0 unspecified atom stereocenters. The van der Waals surface area contributed by atoms with Crippen LogP contribution in [-0.4, -0.2) is 11.7 Å². The predicted octanol–water partition coefficient (Wildman–Crippen LogP) is 4.06. The van der Waals surface area contributed by atoms with Crippen molar-refractivity contribution in [2.45, 2.75) is 32.4 Å². The van der Waals surface area contributed by atoms with Gasteiger partial charge in [0, 0.05) is 24.7 Å². The molecule has 5 nitrogen and oxygen atoms in total. The van der Waals surface area contributed by atoms with E-state index in [-0.39, 0.29) is 24.5 Å². The van der Waals surface area contributed by atoms with Crippen molar-refractivity contribution in [3.63, 3.8) is 0 Å². The Balaban J connectivity index is 1.42. The fraction of sp³-hybridized carbons (Fsp3) is 0.200. The topological polar surface area (TPSA) is 81.4 Å². The number of Topliss-reactive ketones (excluding diaryl/α,β-unsaturated/α-hetero) is 1. The molecule has 5 heteroatoms. The standard InChI is InChI=1S/C25H26N2O3/c26-24-16-23(30-18-20-9-5-2-6-10-20)14-12-21(24)11-13-22(28)15-25(29)27-17-19-7-3-1-4-8-19/h1-10,12,14,16H,11,13,15,17-18,26H2,(H,27,29). The summed E-state index contributed by atoms with van der Waals surface area (Å²) in [4.78, 5) is 24.1. The highest BCUT2D eigenvalue weighted by Gasteiger charge is 2.11. The first-order chi connectivity index (χ1) is 14.6. The van der Waals surface area contributed by atoms with Gasteiger partial charge in [-0.3, -0.25) is 9.59 Å². The molecule has 0 heterocycles. The highest BCUT2D eigenvalue weighted by molar-refractivity contribution is 5.98. The maximum atomic E-state index is 12.1. The average Bonchev–Trinajstić information content (AvgIpc) is 2.77. The number of ketones is 1. The lowest BCUT2D eigenvalue weighted by Crippen LogP contribution is -2.25. The molecule has 0 saturated heterocycles. The molecule has 30 heavy (non-hydrogen) atoms. The SMILES string of the molecule is Nc1cc(OCc2ccccc2)ccc1CCC(=O)CC(=O)NCc1ccccc1. The first-order valence-electron chi connectivity index (χ1n) is 9.97. The van der Waals surface area contributed by atoms with Crippen molar-refractivity contribution in [2.24, 2.45) is 0 Å². The Bertz CT molecular complexity index is 972. The lowest BCUT2D eigenvalue weighted by atomic mass is 10.0. The minimum atomic E-state index is -0.263. The zero-order valence-electron chi connectivity index (χ0n) is 16.8. The number of aryl methyl sites for hydroxylation is 1. The number of carbonyl (C=O) groups excluding carboxylic acids is 2. The van der Waals surface area contributed by atoms with Gasteiger partial charge in [-0.15, -0.1) is 0 Å². The van der Waals surface area contributed by atoms with E-state index in [1.165, 1.54) is 0 Å². The molecule has 3 N–H and O–H groups in total. The molecule has 0 fully saturated rings. The van der Waals surface area contributed by atoms with Crippen molar-refractivity contribution in [3.8, 4) is 5.75 Å². The normalized spacial score (nSPS) is 10.4. The van der Waals surface area contributed by atoms with Gasteiger partial charge in [0.05, 0.1) is 6.42 Å². The smallest absolute Gasteiger partial charge is 0.227 e. The Hall–Kier alpha value is -3.60. The summed E-state index contributed by atoms with van der Waals surface area (Å²) in [7, 11) is 0. The van der Waals surface area contributed by atoms with Crippen LogP contribution in [0.2, 0.25) is 0 Å². The summed E-state index contributed by atoms with van der Waals surface area (Å²) in [5.41, 5.74) is 9.66. The van der Waals surface area contributed by atoms with Gasteiger partial charge in [-0.05, 0) is 29.2 Å². The molecule has 0 spiro atoms. The van der Waals surface area contributed by atoms with E-state index in [4.69, 9.17) is 10.5 Å². The second-order valence-electron chi connectivity index (χ2n) is 7.11. The summed E-state index contributed by atoms with van der Waals surface area (Å²) >= 11 is 0. The van der Waals surface area contributed by atoms with Crippen LogP contribution < -0.4 is 15.8 Å². The third kappa shape index (κ3) is 6.78. The van der Waals surface area contributed by atoms with Gasteiger partial charge in [-0.1, -0.05) is 66.7 Å². The molecule has 0 bridgehead atoms. The minimum absolute atomic E-state index is 0.107. The second kappa shape index (κ2) is 10.8. The maximum absolute atomic E-state index is 12.1. The van der Waals surface area contributed by atoms with Crippen LogP contribution in [0.4, 0.5) is 5.69 Å².